The molecule has 2 aliphatic rings. The predicted molar refractivity (Wildman–Crippen MR) is 292 cm³/mol. The first-order chi connectivity index (χ1) is 31.9. The summed E-state index contributed by atoms with van der Waals surface area (Å²) in [5.41, 5.74) is 23.4. The summed E-state index contributed by atoms with van der Waals surface area (Å²) < 4.78 is 1.40. The Morgan fingerprint density at radius 2 is 1.28 bits per heavy atom. The van der Waals surface area contributed by atoms with E-state index in [4.69, 9.17) is 0 Å². The lowest BCUT2D eigenvalue weighted by Crippen LogP contribution is -2.18. The monoisotopic (exact) mass is 881 g/mol. The molecule has 1 unspecified atom stereocenters. The van der Waals surface area contributed by atoms with Gasteiger partial charge in [0.2, 0.25) is 0 Å². The third-order valence-electron chi connectivity index (χ3n) is 11.7. The van der Waals surface area contributed by atoms with E-state index in [2.05, 4.69) is 203 Å². The normalized spacial score (nSPS) is 12.8. The number of hydrogen-bond acceptors (Lipinski definition) is 3. The molecule has 1 atom stereocenters. The standard InChI is InChI=1S/C42H39NS.C13H14.3C2H6.CH5N/c1-28-13-7-8-18-35(28)36-20-12-21-37(29(36)2)38-19-9-10-22-40-42(38)39-24-23-33(26-41(39)44-40)30(3)43-27-31-14-11-17-34(25-31)32-15-5-4-6-16-32;1-11-7-9-13(10-8-11)12-5-3-2-4-6-12;4*1-2/h4-8,11-21,23-26,30,43H,9-10,22,27H2,1-3H3;2-3,5,7-10H,4,6H2,1H3;3*1-2H3;2H2,1H3. The highest BCUT2D eigenvalue weighted by Gasteiger charge is 2.22. The van der Waals surface area contributed by atoms with Crippen LogP contribution in [0.1, 0.15) is 130 Å². The van der Waals surface area contributed by atoms with Crippen molar-refractivity contribution in [2.75, 3.05) is 7.05 Å². The van der Waals surface area contributed by atoms with E-state index in [1.165, 1.54) is 119 Å². The van der Waals surface area contributed by atoms with Gasteiger partial charge >= 0.3 is 0 Å². The second-order valence-electron chi connectivity index (χ2n) is 15.7. The van der Waals surface area contributed by atoms with E-state index in [0.717, 1.165) is 19.4 Å². The molecule has 0 spiro atoms. The number of aryl methyl sites for hydroxylation is 3. The van der Waals surface area contributed by atoms with Crippen LogP contribution in [0, 0.1) is 20.8 Å². The molecular weight excluding hydrogens is 805 g/mol. The van der Waals surface area contributed by atoms with Gasteiger partial charge in [0.1, 0.15) is 0 Å². The van der Waals surface area contributed by atoms with Crippen molar-refractivity contribution in [3.63, 3.8) is 0 Å². The van der Waals surface area contributed by atoms with Crippen LogP contribution in [0.15, 0.2) is 164 Å². The van der Waals surface area contributed by atoms with Gasteiger partial charge in [-0.15, -0.1) is 11.3 Å². The van der Waals surface area contributed by atoms with E-state index in [1.54, 1.807) is 0 Å². The van der Waals surface area contributed by atoms with Crippen LogP contribution < -0.4 is 11.1 Å². The molecule has 0 aliphatic heterocycles. The van der Waals surface area contributed by atoms with Crippen LogP contribution in [0.4, 0.5) is 0 Å². The molecule has 65 heavy (non-hydrogen) atoms. The van der Waals surface area contributed by atoms with Crippen molar-refractivity contribution in [3.8, 4) is 22.3 Å². The molecule has 340 valence electrons. The first-order valence-electron chi connectivity index (χ1n) is 24.2. The maximum atomic E-state index is 4.50. The number of fused-ring (bicyclic) bond motifs is 3. The summed E-state index contributed by atoms with van der Waals surface area (Å²) in [6.45, 7) is 21.8. The number of rotatable bonds is 8. The summed E-state index contributed by atoms with van der Waals surface area (Å²) in [6, 6.07) is 51.3. The summed E-state index contributed by atoms with van der Waals surface area (Å²) in [7, 11) is 1.50. The highest BCUT2D eigenvalue weighted by Crippen LogP contribution is 2.44. The van der Waals surface area contributed by atoms with Gasteiger partial charge in [0, 0.05) is 33.1 Å². The minimum Gasteiger partial charge on any atom is -0.333 e. The van der Waals surface area contributed by atoms with E-state index in [-0.39, 0.29) is 6.04 Å². The van der Waals surface area contributed by atoms with E-state index in [1.807, 2.05) is 52.9 Å². The molecule has 7 aromatic rings. The third kappa shape index (κ3) is 13.7. The third-order valence-corrected chi connectivity index (χ3v) is 12.9. The molecule has 6 aromatic carbocycles. The number of benzene rings is 6. The Kier molecular flexibility index (Phi) is 22.2. The average molecular weight is 881 g/mol. The lowest BCUT2D eigenvalue weighted by atomic mass is 9.87. The number of thiophene rings is 1. The van der Waals surface area contributed by atoms with Crippen molar-refractivity contribution in [1.29, 1.82) is 0 Å². The molecule has 2 nitrogen and oxygen atoms in total. The Labute approximate surface area is 398 Å². The Balaban J connectivity index is 0.000000369. The van der Waals surface area contributed by atoms with Gasteiger partial charge < -0.3 is 11.1 Å². The Morgan fingerprint density at radius 3 is 1.98 bits per heavy atom. The summed E-state index contributed by atoms with van der Waals surface area (Å²) in [5.74, 6) is 0. The van der Waals surface area contributed by atoms with E-state index in [0.29, 0.717) is 0 Å². The maximum Gasteiger partial charge on any atom is 0.0355 e. The molecule has 0 radical (unpaired) electrons. The van der Waals surface area contributed by atoms with Crippen molar-refractivity contribution < 1.29 is 0 Å². The van der Waals surface area contributed by atoms with Crippen molar-refractivity contribution >= 4 is 32.6 Å². The molecule has 3 N–H and O–H groups in total. The van der Waals surface area contributed by atoms with E-state index in [9.17, 15) is 0 Å². The Hall–Kier alpha value is -5.58. The lowest BCUT2D eigenvalue weighted by Gasteiger charge is -2.17. The maximum absolute atomic E-state index is 4.50. The molecule has 0 saturated carbocycles. The number of hydrogen-bond donors (Lipinski definition) is 2. The minimum atomic E-state index is 0.254. The summed E-state index contributed by atoms with van der Waals surface area (Å²) in [5, 5.41) is 5.19. The van der Waals surface area contributed by atoms with Gasteiger partial charge in [0.15, 0.2) is 0 Å². The van der Waals surface area contributed by atoms with Crippen LogP contribution in [-0.2, 0) is 13.0 Å². The fourth-order valence-corrected chi connectivity index (χ4v) is 9.65. The largest absolute Gasteiger partial charge is 0.333 e. The molecule has 3 heteroatoms. The van der Waals surface area contributed by atoms with Crippen molar-refractivity contribution in [2.45, 2.75) is 114 Å². The fourth-order valence-electron chi connectivity index (χ4n) is 8.35. The van der Waals surface area contributed by atoms with Crippen LogP contribution in [0.5, 0.6) is 0 Å². The van der Waals surface area contributed by atoms with Crippen LogP contribution in [0.25, 0.3) is 43.5 Å². The lowest BCUT2D eigenvalue weighted by molar-refractivity contribution is 0.575. The first kappa shape index (κ1) is 52.0. The number of allylic oxidation sites excluding steroid dienone is 5. The molecule has 1 heterocycles. The van der Waals surface area contributed by atoms with Crippen LogP contribution in [-0.4, -0.2) is 7.05 Å². The van der Waals surface area contributed by atoms with E-state index >= 15 is 0 Å². The van der Waals surface area contributed by atoms with Gasteiger partial charge in [-0.05, 0) is 146 Å². The quantitative estimate of drug-likeness (QED) is 0.160. The fraction of sp³-hybridized carbons (Fsp3) is 0.290. The van der Waals surface area contributed by atoms with Crippen LogP contribution in [0.2, 0.25) is 0 Å². The van der Waals surface area contributed by atoms with Gasteiger partial charge in [-0.2, -0.15) is 0 Å². The molecule has 0 bridgehead atoms. The van der Waals surface area contributed by atoms with Crippen molar-refractivity contribution in [1.82, 2.24) is 5.32 Å². The smallest absolute Gasteiger partial charge is 0.0355 e. The predicted octanol–water partition coefficient (Wildman–Crippen LogP) is 17.9. The summed E-state index contributed by atoms with van der Waals surface area (Å²) in [4.78, 5) is 1.53. The second kappa shape index (κ2) is 27.7. The van der Waals surface area contributed by atoms with Gasteiger partial charge in [-0.1, -0.05) is 199 Å². The minimum absolute atomic E-state index is 0.254. The highest BCUT2D eigenvalue weighted by atomic mass is 32.1. The summed E-state index contributed by atoms with van der Waals surface area (Å²) >= 11 is 2.00. The molecule has 2 aliphatic carbocycles. The Morgan fingerprint density at radius 1 is 0.615 bits per heavy atom. The Bertz CT molecular complexity index is 2590. The second-order valence-corrected chi connectivity index (χ2v) is 16.8. The molecule has 1 aromatic heterocycles. The van der Waals surface area contributed by atoms with Crippen LogP contribution in [0.3, 0.4) is 0 Å². The molecular formula is C62H76N2S. The summed E-state index contributed by atoms with van der Waals surface area (Å²) in [6.07, 6.45) is 14.9. The van der Waals surface area contributed by atoms with Crippen molar-refractivity contribution in [3.05, 3.63) is 213 Å². The molecule has 0 amide bonds. The SMILES string of the molecule is CC.CC.CC.CN.Cc1ccc(C2=CC=CCC2)cc1.Cc1ccccc1-c1cccc(C2=CCCCc3sc4cc(C(C)NCc5cccc(-c6ccccc6)c5)ccc4c32)c1C. The van der Waals surface area contributed by atoms with Crippen molar-refractivity contribution in [2.24, 2.45) is 5.73 Å². The molecule has 0 fully saturated rings. The molecule has 0 saturated heterocycles. The number of nitrogens with one attached hydrogen (secondary N) is 1. The molecule has 9 rings (SSSR count). The van der Waals surface area contributed by atoms with E-state index < -0.39 is 0 Å². The van der Waals surface area contributed by atoms with Gasteiger partial charge in [0.25, 0.3) is 0 Å². The zero-order valence-electron chi connectivity index (χ0n) is 41.4. The first-order valence-corrected chi connectivity index (χ1v) is 25.0. The van der Waals surface area contributed by atoms with Crippen LogP contribution >= 0.6 is 11.3 Å². The number of nitrogens with two attached hydrogens (primary N) is 1. The zero-order chi connectivity index (χ0) is 47.1. The average Bonchev–Trinajstić information content (AvgIpc) is 3.61. The van der Waals surface area contributed by atoms with Gasteiger partial charge in [0.05, 0.1) is 0 Å². The zero-order valence-corrected chi connectivity index (χ0v) is 42.2. The topological polar surface area (TPSA) is 38.0 Å². The van der Waals surface area contributed by atoms with Gasteiger partial charge in [-0.3, -0.25) is 0 Å². The highest BCUT2D eigenvalue weighted by molar-refractivity contribution is 7.19. The van der Waals surface area contributed by atoms with Gasteiger partial charge in [-0.25, -0.2) is 0 Å².